The van der Waals surface area contributed by atoms with Gasteiger partial charge >= 0.3 is 6.09 Å². The molecule has 0 spiro atoms. The summed E-state index contributed by atoms with van der Waals surface area (Å²) in [7, 11) is 0. The standard InChI is InChI=1S/C26H37N3O4/c1-16-12-20(30)13-17(2)22(16)19-10-8-18(9-11-19)21(23(31)28-26(6,7)15-27)14-29(24(32)33)25(3,4)5/h8-13,21,30H,14-15,27H2,1-7H3,(H,28,31)(H,32,33). The second-order valence-corrected chi connectivity index (χ2v) is 10.3. The molecule has 0 radical (unpaired) electrons. The van der Waals surface area contributed by atoms with Crippen molar-refractivity contribution in [3.63, 3.8) is 0 Å². The number of phenols is 1. The fraction of sp³-hybridized carbons (Fsp3) is 0.462. The molecule has 7 nitrogen and oxygen atoms in total. The third kappa shape index (κ3) is 6.48. The van der Waals surface area contributed by atoms with E-state index in [1.165, 1.54) is 4.90 Å². The predicted octanol–water partition coefficient (Wildman–Crippen LogP) is 4.39. The molecule has 33 heavy (non-hydrogen) atoms. The summed E-state index contributed by atoms with van der Waals surface area (Å²) in [5.41, 5.74) is 9.10. The van der Waals surface area contributed by atoms with Gasteiger partial charge in [-0.1, -0.05) is 24.3 Å². The molecule has 180 valence electrons. The second kappa shape index (κ2) is 9.83. The monoisotopic (exact) mass is 455 g/mol. The van der Waals surface area contributed by atoms with Gasteiger partial charge in [0.15, 0.2) is 0 Å². The third-order valence-electron chi connectivity index (χ3n) is 5.81. The molecule has 0 bridgehead atoms. The van der Waals surface area contributed by atoms with E-state index in [4.69, 9.17) is 5.73 Å². The Morgan fingerprint density at radius 1 is 1.03 bits per heavy atom. The smallest absolute Gasteiger partial charge is 0.407 e. The SMILES string of the molecule is Cc1cc(O)cc(C)c1-c1ccc(C(CN(C(=O)O)C(C)(C)C)C(=O)NC(C)(C)CN)cc1. The van der Waals surface area contributed by atoms with Gasteiger partial charge in [-0.15, -0.1) is 0 Å². The zero-order valence-electron chi connectivity index (χ0n) is 20.7. The summed E-state index contributed by atoms with van der Waals surface area (Å²) < 4.78 is 0. The van der Waals surface area contributed by atoms with Gasteiger partial charge in [-0.2, -0.15) is 0 Å². The van der Waals surface area contributed by atoms with Crippen LogP contribution in [0.3, 0.4) is 0 Å². The summed E-state index contributed by atoms with van der Waals surface area (Å²) in [4.78, 5) is 26.5. The molecule has 0 saturated carbocycles. The molecule has 0 aliphatic carbocycles. The molecule has 0 aliphatic heterocycles. The highest BCUT2D eigenvalue weighted by Crippen LogP contribution is 2.32. The van der Waals surface area contributed by atoms with E-state index in [1.807, 2.05) is 52.0 Å². The number of hydrogen-bond donors (Lipinski definition) is 4. The molecule has 0 aromatic heterocycles. The first-order valence-electron chi connectivity index (χ1n) is 11.1. The lowest BCUT2D eigenvalue weighted by Gasteiger charge is -2.36. The summed E-state index contributed by atoms with van der Waals surface area (Å²) >= 11 is 0. The highest BCUT2D eigenvalue weighted by molar-refractivity contribution is 5.85. The number of carboxylic acid groups (broad SMARTS) is 1. The number of benzene rings is 2. The Morgan fingerprint density at radius 2 is 1.55 bits per heavy atom. The highest BCUT2D eigenvalue weighted by atomic mass is 16.4. The van der Waals surface area contributed by atoms with Crippen molar-refractivity contribution in [1.29, 1.82) is 0 Å². The van der Waals surface area contributed by atoms with Gasteiger partial charge in [0.05, 0.1) is 5.92 Å². The molecular weight excluding hydrogens is 418 g/mol. The normalized spacial score (nSPS) is 12.8. The van der Waals surface area contributed by atoms with Crippen LogP contribution in [0, 0.1) is 13.8 Å². The van der Waals surface area contributed by atoms with Gasteiger partial charge in [0, 0.05) is 24.2 Å². The van der Waals surface area contributed by atoms with Gasteiger partial charge in [-0.05, 0) is 88.4 Å². The lowest BCUT2D eigenvalue weighted by Crippen LogP contribution is -2.53. The molecular formula is C26H37N3O4. The number of nitrogens with one attached hydrogen (secondary N) is 1. The minimum Gasteiger partial charge on any atom is -0.508 e. The number of phenolic OH excluding ortho intramolecular Hbond substituents is 1. The predicted molar refractivity (Wildman–Crippen MR) is 132 cm³/mol. The molecule has 1 unspecified atom stereocenters. The van der Waals surface area contributed by atoms with Crippen LogP contribution in [0.5, 0.6) is 5.75 Å². The molecule has 0 aliphatic rings. The van der Waals surface area contributed by atoms with Gasteiger partial charge in [0.2, 0.25) is 5.91 Å². The maximum atomic E-state index is 13.3. The average molecular weight is 456 g/mol. The van der Waals surface area contributed by atoms with E-state index in [1.54, 1.807) is 32.9 Å². The molecule has 2 rings (SSSR count). The van der Waals surface area contributed by atoms with Crippen molar-refractivity contribution in [3.8, 4) is 16.9 Å². The van der Waals surface area contributed by atoms with Crippen LogP contribution >= 0.6 is 0 Å². The van der Waals surface area contributed by atoms with Gasteiger partial charge in [-0.3, -0.25) is 4.79 Å². The van der Waals surface area contributed by atoms with Gasteiger partial charge in [0.25, 0.3) is 0 Å². The molecule has 2 aromatic carbocycles. The molecule has 5 N–H and O–H groups in total. The van der Waals surface area contributed by atoms with Crippen molar-refractivity contribution in [2.45, 2.75) is 65.5 Å². The van der Waals surface area contributed by atoms with E-state index in [0.29, 0.717) is 5.56 Å². The summed E-state index contributed by atoms with van der Waals surface area (Å²) in [5.74, 6) is -0.756. The summed E-state index contributed by atoms with van der Waals surface area (Å²) in [6.45, 7) is 13.2. The molecule has 0 fully saturated rings. The first-order chi connectivity index (χ1) is 15.2. The minimum absolute atomic E-state index is 0.0158. The van der Waals surface area contributed by atoms with Gasteiger partial charge < -0.3 is 26.2 Å². The van der Waals surface area contributed by atoms with Crippen molar-refractivity contribution in [1.82, 2.24) is 10.2 Å². The van der Waals surface area contributed by atoms with Crippen LogP contribution < -0.4 is 11.1 Å². The Hall–Kier alpha value is -3.06. The van der Waals surface area contributed by atoms with Crippen molar-refractivity contribution in [3.05, 3.63) is 53.1 Å². The molecule has 0 saturated heterocycles. The number of amides is 2. The molecule has 2 amide bonds. The number of aromatic hydroxyl groups is 1. The largest absolute Gasteiger partial charge is 0.508 e. The quantitative estimate of drug-likeness (QED) is 0.494. The Kier molecular flexibility index (Phi) is 7.80. The molecule has 7 heteroatoms. The average Bonchev–Trinajstić information content (AvgIpc) is 2.66. The lowest BCUT2D eigenvalue weighted by molar-refractivity contribution is -0.124. The maximum Gasteiger partial charge on any atom is 0.407 e. The molecule has 0 heterocycles. The Bertz CT molecular complexity index is 984. The van der Waals surface area contributed by atoms with Crippen LogP contribution in [-0.2, 0) is 4.79 Å². The van der Waals surface area contributed by atoms with Crippen molar-refractivity contribution in [2.24, 2.45) is 5.73 Å². The first-order valence-corrected chi connectivity index (χ1v) is 11.1. The Labute approximate surface area is 196 Å². The molecule has 1 atom stereocenters. The fourth-order valence-electron chi connectivity index (χ4n) is 3.91. The second-order valence-electron chi connectivity index (χ2n) is 10.3. The summed E-state index contributed by atoms with van der Waals surface area (Å²) in [5, 5.41) is 22.6. The van der Waals surface area contributed by atoms with E-state index < -0.39 is 23.1 Å². The number of carbonyl (C=O) groups excluding carboxylic acids is 1. The number of hydrogen-bond acceptors (Lipinski definition) is 4. The van der Waals surface area contributed by atoms with Crippen LogP contribution in [-0.4, -0.2) is 51.3 Å². The number of rotatable bonds is 7. The van der Waals surface area contributed by atoms with E-state index >= 15 is 0 Å². The van der Waals surface area contributed by atoms with Crippen LogP contribution in [0.15, 0.2) is 36.4 Å². The van der Waals surface area contributed by atoms with Crippen LogP contribution in [0.25, 0.3) is 11.1 Å². The molecule has 2 aromatic rings. The van der Waals surface area contributed by atoms with Crippen LogP contribution in [0.1, 0.15) is 57.2 Å². The van der Waals surface area contributed by atoms with E-state index in [9.17, 15) is 19.8 Å². The third-order valence-corrected chi connectivity index (χ3v) is 5.81. The minimum atomic E-state index is -1.08. The number of aryl methyl sites for hydroxylation is 2. The number of nitrogens with zero attached hydrogens (tertiary/aromatic N) is 1. The zero-order valence-corrected chi connectivity index (χ0v) is 20.7. The van der Waals surface area contributed by atoms with E-state index in [-0.39, 0.29) is 24.7 Å². The highest BCUT2D eigenvalue weighted by Gasteiger charge is 2.34. The lowest BCUT2D eigenvalue weighted by atomic mass is 9.90. The zero-order chi connectivity index (χ0) is 25.1. The van der Waals surface area contributed by atoms with Crippen molar-refractivity contribution in [2.75, 3.05) is 13.1 Å². The van der Waals surface area contributed by atoms with E-state index in [0.717, 1.165) is 22.3 Å². The summed E-state index contributed by atoms with van der Waals surface area (Å²) in [6.07, 6.45) is -1.08. The van der Waals surface area contributed by atoms with Crippen LogP contribution in [0.4, 0.5) is 4.79 Å². The van der Waals surface area contributed by atoms with E-state index in [2.05, 4.69) is 5.32 Å². The van der Waals surface area contributed by atoms with Gasteiger partial charge in [0.1, 0.15) is 5.75 Å². The maximum absolute atomic E-state index is 13.3. The first kappa shape index (κ1) is 26.2. The van der Waals surface area contributed by atoms with Gasteiger partial charge in [-0.25, -0.2) is 4.79 Å². The fourth-order valence-corrected chi connectivity index (χ4v) is 3.91. The Morgan fingerprint density at radius 3 is 1.97 bits per heavy atom. The van der Waals surface area contributed by atoms with Crippen molar-refractivity contribution >= 4 is 12.0 Å². The number of nitrogens with two attached hydrogens (primary N) is 1. The summed E-state index contributed by atoms with van der Waals surface area (Å²) in [6, 6.07) is 11.0. The Balaban J connectivity index is 2.48. The van der Waals surface area contributed by atoms with Crippen LogP contribution in [0.2, 0.25) is 0 Å². The topological polar surface area (TPSA) is 116 Å². The van der Waals surface area contributed by atoms with Crippen molar-refractivity contribution < 1.29 is 19.8 Å². The number of carbonyl (C=O) groups is 2.